The first-order valence-corrected chi connectivity index (χ1v) is 6.18. The average molecular weight is 230 g/mol. The van der Waals surface area contributed by atoms with Crippen molar-refractivity contribution in [3.63, 3.8) is 0 Å². The fourth-order valence-electron chi connectivity index (χ4n) is 2.62. The van der Waals surface area contributed by atoms with Crippen LogP contribution < -0.4 is 0 Å². The van der Waals surface area contributed by atoms with Crippen LogP contribution in [0.5, 0.6) is 0 Å². The van der Waals surface area contributed by atoms with E-state index < -0.39 is 0 Å². The number of hydrogen-bond acceptors (Lipinski definition) is 1. The monoisotopic (exact) mass is 230 g/mol. The van der Waals surface area contributed by atoms with E-state index in [1.54, 1.807) is 0 Å². The number of rotatable bonds is 1. The number of ether oxygens (including phenoxy) is 1. The molecular weight excluding hydrogens is 210 g/mol. The maximum atomic E-state index is 8.18. The second-order valence-corrected chi connectivity index (χ2v) is 5.44. The lowest BCUT2D eigenvalue weighted by Crippen LogP contribution is -2.32. The molecule has 1 aliphatic heterocycles. The Morgan fingerprint density at radius 1 is 1.41 bits per heavy atom. The minimum Gasteiger partial charge on any atom is -0.376 e. The highest BCUT2D eigenvalue weighted by molar-refractivity contribution is 5.80. The summed E-state index contributed by atoms with van der Waals surface area (Å²) in [5.74, 6) is 0.271. The number of benzene rings is 1. The first-order chi connectivity index (χ1) is 8.55. The molecule has 2 aromatic rings. The van der Waals surface area contributed by atoms with E-state index in [2.05, 4.69) is 43.1 Å². The molecule has 3 rings (SSSR count). The summed E-state index contributed by atoms with van der Waals surface area (Å²) < 4.78 is 13.9. The summed E-state index contributed by atoms with van der Waals surface area (Å²) in [5.41, 5.74) is 2.31. The summed E-state index contributed by atoms with van der Waals surface area (Å²) in [6, 6.07) is 8.55. The lowest BCUT2D eigenvalue weighted by molar-refractivity contribution is -0.0592. The Balaban J connectivity index is 1.96. The van der Waals surface area contributed by atoms with Gasteiger partial charge in [-0.1, -0.05) is 6.07 Å². The van der Waals surface area contributed by atoms with Gasteiger partial charge >= 0.3 is 0 Å². The molecule has 0 bridgehead atoms. The van der Waals surface area contributed by atoms with Gasteiger partial charge in [0.05, 0.1) is 5.60 Å². The van der Waals surface area contributed by atoms with Crippen molar-refractivity contribution < 1.29 is 6.11 Å². The fourth-order valence-corrected chi connectivity index (χ4v) is 2.62. The Kier molecular flexibility index (Phi) is 2.22. The van der Waals surface area contributed by atoms with Gasteiger partial charge in [-0.2, -0.15) is 0 Å². The topological polar surface area (TPSA) is 25.0 Å². The Morgan fingerprint density at radius 2 is 2.29 bits per heavy atom. The molecule has 1 N–H and O–H groups in total. The lowest BCUT2D eigenvalue weighted by Gasteiger charge is -2.35. The van der Waals surface area contributed by atoms with Gasteiger partial charge in [0.15, 0.2) is 0 Å². The van der Waals surface area contributed by atoms with Gasteiger partial charge in [-0.05, 0) is 61.7 Å². The van der Waals surface area contributed by atoms with Crippen molar-refractivity contribution in [1.29, 1.82) is 0 Å². The molecule has 2 nitrogen and oxygen atoms in total. The van der Waals surface area contributed by atoms with Crippen LogP contribution in [0.1, 0.15) is 39.5 Å². The van der Waals surface area contributed by atoms with E-state index in [0.29, 0.717) is 6.61 Å². The van der Waals surface area contributed by atoms with E-state index >= 15 is 0 Å². The Labute approximate surface area is 103 Å². The van der Waals surface area contributed by atoms with Gasteiger partial charge < -0.3 is 9.72 Å². The number of nitrogens with one attached hydrogen (secondary N) is 1. The Bertz CT molecular complexity index is 560. The second kappa shape index (κ2) is 3.88. The van der Waals surface area contributed by atoms with Crippen LogP contribution in [0.15, 0.2) is 30.5 Å². The van der Waals surface area contributed by atoms with Crippen molar-refractivity contribution in [3.8, 4) is 0 Å². The van der Waals surface area contributed by atoms with Crippen LogP contribution in [0, 0.1) is 0 Å². The van der Waals surface area contributed by atoms with Crippen molar-refractivity contribution >= 4 is 10.9 Å². The molecule has 0 amide bonds. The zero-order chi connectivity index (χ0) is 12.8. The Hall–Kier alpha value is -1.28. The van der Waals surface area contributed by atoms with Crippen LogP contribution in [-0.2, 0) is 4.74 Å². The largest absolute Gasteiger partial charge is 0.376 e. The van der Waals surface area contributed by atoms with E-state index in [-0.39, 0.29) is 17.9 Å². The summed E-state index contributed by atoms with van der Waals surface area (Å²) in [4.78, 5) is 3.21. The molecule has 0 saturated carbocycles. The van der Waals surface area contributed by atoms with Gasteiger partial charge in [0.2, 0.25) is 0 Å². The quantitative estimate of drug-likeness (QED) is 0.791. The van der Waals surface area contributed by atoms with E-state index in [9.17, 15) is 0 Å². The Morgan fingerprint density at radius 3 is 3.18 bits per heavy atom. The number of hydrogen-bond donors (Lipinski definition) is 1. The first-order valence-electron chi connectivity index (χ1n) is 6.76. The van der Waals surface area contributed by atoms with E-state index in [4.69, 9.17) is 6.11 Å². The smallest absolute Gasteiger partial charge is 0.0632 e. The molecular formula is C15H19NO. The van der Waals surface area contributed by atoms with Gasteiger partial charge in [-0.15, -0.1) is 0 Å². The molecule has 2 unspecified atom stereocenters. The molecule has 90 valence electrons. The van der Waals surface area contributed by atoms with Gasteiger partial charge in [-0.3, -0.25) is 0 Å². The van der Waals surface area contributed by atoms with Crippen LogP contribution in [-0.4, -0.2) is 17.2 Å². The standard InChI is InChI=1S/C15H19NO/c1-15(2)10-13(6-8-17-15)11-3-4-14-12(9-11)5-7-16-14/h3-5,7,9,13,16H,6,8,10H2,1-2H3/i6D. The molecule has 0 spiro atoms. The first kappa shape index (κ1) is 9.72. The molecule has 1 aromatic heterocycles. The van der Waals surface area contributed by atoms with E-state index in [1.807, 2.05) is 6.20 Å². The van der Waals surface area contributed by atoms with Gasteiger partial charge in [-0.25, -0.2) is 0 Å². The minimum atomic E-state index is -0.158. The van der Waals surface area contributed by atoms with Gasteiger partial charge in [0.25, 0.3) is 0 Å². The number of aromatic nitrogens is 1. The highest BCUT2D eigenvalue weighted by Gasteiger charge is 2.29. The van der Waals surface area contributed by atoms with Crippen molar-refractivity contribution in [2.45, 2.75) is 38.2 Å². The molecule has 2 atom stereocenters. The molecule has 1 saturated heterocycles. The summed E-state index contributed by atoms with van der Waals surface area (Å²) >= 11 is 0. The molecule has 17 heavy (non-hydrogen) atoms. The van der Waals surface area contributed by atoms with Crippen LogP contribution in [0.3, 0.4) is 0 Å². The van der Waals surface area contributed by atoms with Crippen molar-refractivity contribution in [3.05, 3.63) is 36.0 Å². The number of H-pyrrole nitrogens is 1. The van der Waals surface area contributed by atoms with E-state index in [1.165, 1.54) is 10.9 Å². The summed E-state index contributed by atoms with van der Waals surface area (Å²) in [6.07, 6.45) is 2.71. The zero-order valence-corrected chi connectivity index (χ0v) is 10.4. The predicted molar refractivity (Wildman–Crippen MR) is 70.3 cm³/mol. The van der Waals surface area contributed by atoms with Crippen LogP contribution in [0.2, 0.25) is 0 Å². The van der Waals surface area contributed by atoms with Gasteiger partial charge in [0, 0.05) is 19.7 Å². The highest BCUT2D eigenvalue weighted by atomic mass is 16.5. The summed E-state index contributed by atoms with van der Waals surface area (Å²) in [7, 11) is 0. The van der Waals surface area contributed by atoms with E-state index in [0.717, 1.165) is 11.9 Å². The third-order valence-corrected chi connectivity index (χ3v) is 3.57. The predicted octanol–water partition coefficient (Wildman–Crippen LogP) is 3.84. The second-order valence-electron chi connectivity index (χ2n) is 5.44. The zero-order valence-electron chi connectivity index (χ0n) is 11.4. The number of aromatic amines is 1. The van der Waals surface area contributed by atoms with Crippen LogP contribution in [0.25, 0.3) is 10.9 Å². The minimum absolute atomic E-state index is 0.116. The van der Waals surface area contributed by atoms with Crippen LogP contribution in [0.4, 0.5) is 0 Å². The molecule has 2 heteroatoms. The highest BCUT2D eigenvalue weighted by Crippen LogP contribution is 2.36. The van der Waals surface area contributed by atoms with Crippen molar-refractivity contribution in [2.75, 3.05) is 6.61 Å². The molecule has 1 aromatic carbocycles. The normalized spacial score (nSPS) is 29.2. The third kappa shape index (κ3) is 2.09. The maximum Gasteiger partial charge on any atom is 0.0632 e. The SMILES string of the molecule is [2H]C1COC(C)(C)CC1c1ccc2[nH]ccc2c1. The molecule has 0 aliphatic carbocycles. The number of fused-ring (bicyclic) bond motifs is 1. The van der Waals surface area contributed by atoms with Gasteiger partial charge in [0.1, 0.15) is 0 Å². The van der Waals surface area contributed by atoms with Crippen molar-refractivity contribution in [1.82, 2.24) is 4.98 Å². The fraction of sp³-hybridized carbons (Fsp3) is 0.467. The average Bonchev–Trinajstić information content (AvgIpc) is 2.79. The van der Waals surface area contributed by atoms with Crippen LogP contribution >= 0.6 is 0 Å². The molecule has 1 fully saturated rings. The third-order valence-electron chi connectivity index (χ3n) is 3.57. The van der Waals surface area contributed by atoms with Crippen molar-refractivity contribution in [2.24, 2.45) is 0 Å². The molecule has 0 radical (unpaired) electrons. The lowest BCUT2D eigenvalue weighted by atomic mass is 9.83. The maximum absolute atomic E-state index is 8.18. The molecule has 1 aliphatic rings. The summed E-state index contributed by atoms with van der Waals surface area (Å²) in [5, 5.41) is 1.23. The molecule has 2 heterocycles. The summed E-state index contributed by atoms with van der Waals surface area (Å²) in [6.45, 7) is 4.75.